The Balaban J connectivity index is 1.77. The molecule has 1 aliphatic rings. The van der Waals surface area contributed by atoms with Gasteiger partial charge in [0.05, 0.1) is 11.5 Å². The summed E-state index contributed by atoms with van der Waals surface area (Å²) >= 11 is 3.29. The maximum absolute atomic E-state index is 11.5. The van der Waals surface area contributed by atoms with Crippen molar-refractivity contribution in [1.29, 1.82) is 0 Å². The Morgan fingerprint density at radius 1 is 1.32 bits per heavy atom. The zero-order chi connectivity index (χ0) is 13.9. The van der Waals surface area contributed by atoms with Crippen LogP contribution in [-0.2, 0) is 19.4 Å². The zero-order valence-electron chi connectivity index (χ0n) is 10.0. The van der Waals surface area contributed by atoms with E-state index in [1.54, 1.807) is 24.3 Å². The van der Waals surface area contributed by atoms with Crippen molar-refractivity contribution in [3.05, 3.63) is 28.7 Å². The minimum Gasteiger partial charge on any atom is -0.482 e. The van der Waals surface area contributed by atoms with Gasteiger partial charge in [0.15, 0.2) is 16.4 Å². The van der Waals surface area contributed by atoms with E-state index in [9.17, 15) is 13.2 Å². The van der Waals surface area contributed by atoms with E-state index in [1.807, 2.05) is 0 Å². The maximum atomic E-state index is 11.5. The smallest absolute Gasteiger partial charge is 0.344 e. The van der Waals surface area contributed by atoms with Gasteiger partial charge in [-0.15, -0.1) is 0 Å². The highest BCUT2D eigenvalue weighted by Crippen LogP contribution is 2.17. The molecule has 0 aromatic heterocycles. The number of esters is 1. The van der Waals surface area contributed by atoms with Crippen molar-refractivity contribution in [2.24, 2.45) is 0 Å². The van der Waals surface area contributed by atoms with Crippen LogP contribution in [0.25, 0.3) is 0 Å². The third kappa shape index (κ3) is 4.50. The van der Waals surface area contributed by atoms with Crippen molar-refractivity contribution < 1.29 is 22.7 Å². The van der Waals surface area contributed by atoms with E-state index in [0.29, 0.717) is 12.2 Å². The first-order chi connectivity index (χ1) is 8.94. The highest BCUT2D eigenvalue weighted by Gasteiger charge is 2.30. The van der Waals surface area contributed by atoms with Gasteiger partial charge in [0.2, 0.25) is 0 Å². The maximum Gasteiger partial charge on any atom is 0.344 e. The van der Waals surface area contributed by atoms with Crippen LogP contribution in [0.1, 0.15) is 6.42 Å². The molecule has 1 fully saturated rings. The van der Waals surface area contributed by atoms with Crippen molar-refractivity contribution in [2.75, 3.05) is 18.1 Å². The summed E-state index contributed by atoms with van der Waals surface area (Å²) in [6, 6.07) is 7.03. The second-order valence-electron chi connectivity index (χ2n) is 4.26. The quantitative estimate of drug-likeness (QED) is 0.772. The first kappa shape index (κ1) is 14.3. The molecule has 0 spiro atoms. The highest BCUT2D eigenvalue weighted by atomic mass is 79.9. The molecule has 19 heavy (non-hydrogen) atoms. The van der Waals surface area contributed by atoms with Crippen LogP contribution in [0.3, 0.4) is 0 Å². The molecule has 0 radical (unpaired) electrons. The van der Waals surface area contributed by atoms with Crippen molar-refractivity contribution in [2.45, 2.75) is 12.5 Å². The molecule has 0 bridgehead atoms. The fourth-order valence-electron chi connectivity index (χ4n) is 1.75. The average Bonchev–Trinajstić information content (AvgIpc) is 2.68. The number of carbonyl (C=O) groups is 1. The molecule has 1 unspecified atom stereocenters. The number of sulfone groups is 1. The molecule has 0 amide bonds. The second-order valence-corrected chi connectivity index (χ2v) is 7.40. The van der Waals surface area contributed by atoms with Gasteiger partial charge in [-0.2, -0.15) is 0 Å². The molecule has 1 aliphatic heterocycles. The summed E-state index contributed by atoms with van der Waals surface area (Å²) in [4.78, 5) is 11.5. The standard InChI is InChI=1S/C12H13BrO5S/c13-9-1-3-10(4-2-9)17-7-12(14)18-11-5-6-19(15,16)8-11/h1-4,11H,5-8H2. The van der Waals surface area contributed by atoms with E-state index in [-0.39, 0.29) is 18.1 Å². The molecule has 1 aromatic rings. The Labute approximate surface area is 119 Å². The Kier molecular flexibility index (Phi) is 4.46. The zero-order valence-corrected chi connectivity index (χ0v) is 12.4. The topological polar surface area (TPSA) is 69.7 Å². The van der Waals surface area contributed by atoms with Gasteiger partial charge in [0, 0.05) is 4.47 Å². The van der Waals surface area contributed by atoms with E-state index < -0.39 is 21.9 Å². The lowest BCUT2D eigenvalue weighted by molar-refractivity contribution is -0.150. The van der Waals surface area contributed by atoms with Crippen LogP contribution >= 0.6 is 15.9 Å². The summed E-state index contributed by atoms with van der Waals surface area (Å²) in [5, 5.41) is 0. The molecular weight excluding hydrogens is 336 g/mol. The minimum atomic E-state index is -3.04. The lowest BCUT2D eigenvalue weighted by Crippen LogP contribution is -2.23. The molecule has 0 aliphatic carbocycles. The number of halogens is 1. The summed E-state index contributed by atoms with van der Waals surface area (Å²) in [6.45, 7) is -0.224. The van der Waals surface area contributed by atoms with Crippen LogP contribution in [0, 0.1) is 0 Å². The van der Waals surface area contributed by atoms with Gasteiger partial charge < -0.3 is 9.47 Å². The van der Waals surface area contributed by atoms with Gasteiger partial charge >= 0.3 is 5.97 Å². The molecule has 2 rings (SSSR count). The van der Waals surface area contributed by atoms with Gasteiger partial charge in [0.1, 0.15) is 11.9 Å². The summed E-state index contributed by atoms with van der Waals surface area (Å²) < 4.78 is 33.6. The van der Waals surface area contributed by atoms with Crippen LogP contribution < -0.4 is 4.74 Å². The largest absolute Gasteiger partial charge is 0.482 e. The minimum absolute atomic E-state index is 0.0819. The highest BCUT2D eigenvalue weighted by molar-refractivity contribution is 9.10. The first-order valence-electron chi connectivity index (χ1n) is 5.73. The molecular formula is C12H13BrO5S. The summed E-state index contributed by atoms with van der Waals surface area (Å²) in [5.41, 5.74) is 0. The number of carbonyl (C=O) groups excluding carboxylic acids is 1. The van der Waals surface area contributed by atoms with Gasteiger partial charge in [-0.3, -0.25) is 0 Å². The number of hydrogen-bond donors (Lipinski definition) is 0. The Bertz CT molecular complexity index is 552. The SMILES string of the molecule is O=C(COc1ccc(Br)cc1)OC1CCS(=O)(=O)C1. The lowest BCUT2D eigenvalue weighted by Gasteiger charge is -2.11. The summed E-state index contributed by atoms with van der Waals surface area (Å²) in [7, 11) is -3.04. The number of hydrogen-bond acceptors (Lipinski definition) is 5. The third-order valence-electron chi connectivity index (χ3n) is 2.66. The van der Waals surface area contributed by atoms with Crippen LogP contribution in [0.2, 0.25) is 0 Å². The lowest BCUT2D eigenvalue weighted by atomic mass is 10.3. The molecule has 1 heterocycles. The van der Waals surface area contributed by atoms with Gasteiger partial charge in [0.25, 0.3) is 0 Å². The van der Waals surface area contributed by atoms with E-state index in [1.165, 1.54) is 0 Å². The average molecular weight is 349 g/mol. The van der Waals surface area contributed by atoms with Crippen LogP contribution in [0.5, 0.6) is 5.75 Å². The molecule has 1 atom stereocenters. The molecule has 1 aromatic carbocycles. The molecule has 1 saturated heterocycles. The van der Waals surface area contributed by atoms with Gasteiger partial charge in [-0.1, -0.05) is 15.9 Å². The second kappa shape index (κ2) is 5.92. The fraction of sp³-hybridized carbons (Fsp3) is 0.417. The molecule has 5 nitrogen and oxygen atoms in total. The fourth-order valence-corrected chi connectivity index (χ4v) is 3.60. The first-order valence-corrected chi connectivity index (χ1v) is 8.34. The molecule has 104 valence electrons. The summed E-state index contributed by atoms with van der Waals surface area (Å²) in [6.07, 6.45) is -0.169. The predicted molar refractivity (Wildman–Crippen MR) is 72.8 cm³/mol. The van der Waals surface area contributed by atoms with Crippen molar-refractivity contribution in [1.82, 2.24) is 0 Å². The van der Waals surface area contributed by atoms with Crippen molar-refractivity contribution in [3.8, 4) is 5.75 Å². The van der Waals surface area contributed by atoms with Crippen molar-refractivity contribution >= 4 is 31.7 Å². The number of rotatable bonds is 4. The Morgan fingerprint density at radius 2 is 2.00 bits per heavy atom. The normalized spacial score (nSPS) is 21.0. The third-order valence-corrected chi connectivity index (χ3v) is 4.93. The van der Waals surface area contributed by atoms with Crippen LogP contribution in [0.4, 0.5) is 0 Å². The van der Waals surface area contributed by atoms with E-state index in [2.05, 4.69) is 15.9 Å². The van der Waals surface area contributed by atoms with Crippen molar-refractivity contribution in [3.63, 3.8) is 0 Å². The predicted octanol–water partition coefficient (Wildman–Crippen LogP) is 1.56. The monoisotopic (exact) mass is 348 g/mol. The molecule has 0 N–H and O–H groups in total. The van der Waals surface area contributed by atoms with E-state index in [4.69, 9.17) is 9.47 Å². The Hall–Kier alpha value is -1.08. The van der Waals surface area contributed by atoms with Crippen LogP contribution in [-0.4, -0.2) is 38.6 Å². The van der Waals surface area contributed by atoms with Gasteiger partial charge in [-0.05, 0) is 30.7 Å². The molecule has 7 heteroatoms. The van der Waals surface area contributed by atoms with Gasteiger partial charge in [-0.25, -0.2) is 13.2 Å². The number of ether oxygens (including phenoxy) is 2. The molecule has 0 saturated carbocycles. The van der Waals surface area contributed by atoms with E-state index >= 15 is 0 Å². The number of benzene rings is 1. The summed E-state index contributed by atoms with van der Waals surface area (Å²) in [5.74, 6) is -0.000525. The Morgan fingerprint density at radius 3 is 2.58 bits per heavy atom. The van der Waals surface area contributed by atoms with Crippen LogP contribution in [0.15, 0.2) is 28.7 Å². The van der Waals surface area contributed by atoms with E-state index in [0.717, 1.165) is 4.47 Å².